The smallest absolute Gasteiger partial charge is 0.306 e. The van der Waals surface area contributed by atoms with Gasteiger partial charge in [0, 0.05) is 19.3 Å². The molecule has 0 saturated heterocycles. The van der Waals surface area contributed by atoms with Crippen LogP contribution < -0.4 is 0 Å². The highest BCUT2D eigenvalue weighted by Gasteiger charge is 2.19. The molecule has 0 aliphatic heterocycles. The number of hydrogen-bond acceptors (Lipinski definition) is 6. The van der Waals surface area contributed by atoms with Gasteiger partial charge in [0.05, 0.1) is 0 Å². The molecule has 1 atom stereocenters. The van der Waals surface area contributed by atoms with Crippen molar-refractivity contribution in [2.24, 2.45) is 0 Å². The quantitative estimate of drug-likeness (QED) is 0.0262. The number of unbranched alkanes of at least 4 members (excludes halogenated alkanes) is 30. The summed E-state index contributed by atoms with van der Waals surface area (Å²) in [5.41, 5.74) is 0. The van der Waals surface area contributed by atoms with Crippen LogP contribution in [0.25, 0.3) is 0 Å². The molecule has 0 aliphatic rings. The summed E-state index contributed by atoms with van der Waals surface area (Å²) < 4.78 is 16.7. The van der Waals surface area contributed by atoms with Crippen LogP contribution >= 0.6 is 0 Å². The van der Waals surface area contributed by atoms with Crippen molar-refractivity contribution in [3.05, 3.63) is 72.9 Å². The molecule has 0 aromatic heterocycles. The third kappa shape index (κ3) is 55.6. The van der Waals surface area contributed by atoms with Crippen molar-refractivity contribution in [3.8, 4) is 0 Å². The average molecular weight is 964 g/mol. The molecule has 0 saturated carbocycles. The second kappa shape index (κ2) is 57.4. The zero-order valence-electron chi connectivity index (χ0n) is 45.6. The van der Waals surface area contributed by atoms with Crippen molar-refractivity contribution in [2.45, 2.75) is 297 Å². The van der Waals surface area contributed by atoms with Crippen LogP contribution in [-0.2, 0) is 28.6 Å². The molecule has 0 heterocycles. The summed E-state index contributed by atoms with van der Waals surface area (Å²) in [5.74, 6) is -0.906. The van der Waals surface area contributed by atoms with Crippen molar-refractivity contribution in [1.29, 1.82) is 0 Å². The average Bonchev–Trinajstić information content (AvgIpc) is 3.35. The van der Waals surface area contributed by atoms with E-state index in [2.05, 4.69) is 93.7 Å². The van der Waals surface area contributed by atoms with Gasteiger partial charge in [-0.05, 0) is 96.3 Å². The molecule has 398 valence electrons. The zero-order valence-corrected chi connectivity index (χ0v) is 45.6. The third-order valence-corrected chi connectivity index (χ3v) is 12.7. The Labute approximate surface area is 427 Å². The van der Waals surface area contributed by atoms with Crippen molar-refractivity contribution < 1.29 is 28.6 Å². The van der Waals surface area contributed by atoms with Crippen LogP contribution in [0, 0.1) is 0 Å². The highest BCUT2D eigenvalue weighted by Crippen LogP contribution is 2.15. The van der Waals surface area contributed by atoms with Gasteiger partial charge in [-0.1, -0.05) is 248 Å². The molecule has 6 nitrogen and oxygen atoms in total. The first-order chi connectivity index (χ1) is 34.0. The number of carbonyl (C=O) groups is 3. The van der Waals surface area contributed by atoms with E-state index in [9.17, 15) is 14.4 Å². The highest BCUT2D eigenvalue weighted by molar-refractivity contribution is 5.71. The largest absolute Gasteiger partial charge is 0.462 e. The van der Waals surface area contributed by atoms with Gasteiger partial charge < -0.3 is 14.2 Å². The maximum Gasteiger partial charge on any atom is 0.306 e. The Hall–Kier alpha value is -3.15. The fraction of sp³-hybridized carbons (Fsp3) is 0.762. The molecule has 6 heteroatoms. The van der Waals surface area contributed by atoms with Crippen LogP contribution in [0.2, 0.25) is 0 Å². The minimum Gasteiger partial charge on any atom is -0.462 e. The Morgan fingerprint density at radius 2 is 0.522 bits per heavy atom. The fourth-order valence-electron chi connectivity index (χ4n) is 8.22. The highest BCUT2D eigenvalue weighted by atomic mass is 16.6. The molecule has 0 N–H and O–H groups in total. The molecule has 0 rings (SSSR count). The van der Waals surface area contributed by atoms with E-state index in [1.54, 1.807) is 0 Å². The van der Waals surface area contributed by atoms with E-state index < -0.39 is 6.10 Å². The lowest BCUT2D eigenvalue weighted by atomic mass is 10.1. The van der Waals surface area contributed by atoms with Gasteiger partial charge in [-0.2, -0.15) is 0 Å². The lowest BCUT2D eigenvalue weighted by Gasteiger charge is -2.18. The van der Waals surface area contributed by atoms with Gasteiger partial charge in [-0.15, -0.1) is 0 Å². The van der Waals surface area contributed by atoms with Crippen LogP contribution in [0.4, 0.5) is 0 Å². The minimum absolute atomic E-state index is 0.0825. The molecule has 0 fully saturated rings. The first kappa shape index (κ1) is 65.8. The molecule has 0 aromatic carbocycles. The van der Waals surface area contributed by atoms with E-state index in [1.807, 2.05) is 0 Å². The molecule has 0 spiro atoms. The van der Waals surface area contributed by atoms with Crippen LogP contribution in [-0.4, -0.2) is 37.2 Å². The third-order valence-electron chi connectivity index (χ3n) is 12.7. The Kier molecular flexibility index (Phi) is 54.8. The van der Waals surface area contributed by atoms with Gasteiger partial charge in [0.25, 0.3) is 0 Å². The first-order valence-corrected chi connectivity index (χ1v) is 29.4. The lowest BCUT2D eigenvalue weighted by molar-refractivity contribution is -0.167. The molecule has 0 aliphatic carbocycles. The van der Waals surface area contributed by atoms with Crippen LogP contribution in [0.15, 0.2) is 72.9 Å². The van der Waals surface area contributed by atoms with Gasteiger partial charge in [-0.3, -0.25) is 14.4 Å². The molecule has 0 bridgehead atoms. The summed E-state index contributed by atoms with van der Waals surface area (Å²) in [4.78, 5) is 37.8. The van der Waals surface area contributed by atoms with Crippen molar-refractivity contribution in [3.63, 3.8) is 0 Å². The molecule has 0 amide bonds. The maximum atomic E-state index is 12.8. The molecular weight excluding hydrogens is 853 g/mol. The number of rotatable bonds is 53. The summed E-state index contributed by atoms with van der Waals surface area (Å²) in [7, 11) is 0. The van der Waals surface area contributed by atoms with Crippen LogP contribution in [0.5, 0.6) is 0 Å². The predicted octanol–water partition coefficient (Wildman–Crippen LogP) is 19.8. The Balaban J connectivity index is 4.12. The summed E-state index contributed by atoms with van der Waals surface area (Å²) in [5, 5.41) is 0. The SMILES string of the molecule is CCCCCCC/C=C\C/C=C\C/C=C\CCCCCCCCCCCCC(=O)OCC(COC(=O)CCCCCCC)OC(=O)CCCCCCCC/C=C\C/C=C\C/C=C\CCCCCCC. The molecule has 1 unspecified atom stereocenters. The molecule has 69 heavy (non-hydrogen) atoms. The summed E-state index contributed by atoms with van der Waals surface area (Å²) in [6, 6.07) is 0. The van der Waals surface area contributed by atoms with Crippen molar-refractivity contribution in [2.75, 3.05) is 13.2 Å². The van der Waals surface area contributed by atoms with E-state index >= 15 is 0 Å². The zero-order chi connectivity index (χ0) is 50.0. The standard InChI is InChI=1S/C63H110O6/c1-4-7-10-13-15-17-19-21-23-25-27-29-30-31-32-34-35-37-39-41-43-45-47-50-53-56-62(65)68-59-60(58-67-61(64)55-52-49-12-9-6-3)69-63(66)57-54-51-48-46-44-42-40-38-36-33-28-26-24-22-20-18-16-14-11-8-5-2/h19-22,25-28,30-31,36,38,60H,4-18,23-24,29,32-35,37,39-59H2,1-3H3/b21-19-,22-20-,27-25-,28-26-,31-30-,38-36-. The van der Waals surface area contributed by atoms with Gasteiger partial charge in [0.2, 0.25) is 0 Å². The van der Waals surface area contributed by atoms with Gasteiger partial charge in [-0.25, -0.2) is 0 Å². The number of ether oxygens (including phenoxy) is 3. The molecule has 0 radical (unpaired) electrons. The maximum absolute atomic E-state index is 12.8. The summed E-state index contributed by atoms with van der Waals surface area (Å²) in [6.07, 6.45) is 73.7. The predicted molar refractivity (Wildman–Crippen MR) is 298 cm³/mol. The van der Waals surface area contributed by atoms with Gasteiger partial charge in [0.1, 0.15) is 13.2 Å². The van der Waals surface area contributed by atoms with E-state index in [0.717, 1.165) is 103 Å². The lowest BCUT2D eigenvalue weighted by Crippen LogP contribution is -2.30. The van der Waals surface area contributed by atoms with Crippen LogP contribution in [0.3, 0.4) is 0 Å². The summed E-state index contributed by atoms with van der Waals surface area (Å²) >= 11 is 0. The monoisotopic (exact) mass is 963 g/mol. The minimum atomic E-state index is -0.781. The fourth-order valence-corrected chi connectivity index (χ4v) is 8.22. The van der Waals surface area contributed by atoms with E-state index in [1.165, 1.54) is 148 Å². The Morgan fingerprint density at radius 3 is 0.812 bits per heavy atom. The molecule has 0 aromatic rings. The van der Waals surface area contributed by atoms with E-state index in [4.69, 9.17) is 14.2 Å². The molecular formula is C63H110O6. The topological polar surface area (TPSA) is 78.9 Å². The van der Waals surface area contributed by atoms with Crippen molar-refractivity contribution in [1.82, 2.24) is 0 Å². The van der Waals surface area contributed by atoms with Crippen molar-refractivity contribution >= 4 is 17.9 Å². The summed E-state index contributed by atoms with van der Waals surface area (Å²) in [6.45, 7) is 6.53. The number of allylic oxidation sites excluding steroid dienone is 12. The number of esters is 3. The van der Waals surface area contributed by atoms with Gasteiger partial charge in [0.15, 0.2) is 6.10 Å². The normalized spacial score (nSPS) is 12.6. The van der Waals surface area contributed by atoms with E-state index in [-0.39, 0.29) is 31.1 Å². The second-order valence-corrected chi connectivity index (χ2v) is 19.6. The van der Waals surface area contributed by atoms with E-state index in [0.29, 0.717) is 19.3 Å². The second-order valence-electron chi connectivity index (χ2n) is 19.6. The Bertz CT molecular complexity index is 1290. The Morgan fingerprint density at radius 1 is 0.290 bits per heavy atom. The van der Waals surface area contributed by atoms with Crippen LogP contribution in [0.1, 0.15) is 290 Å². The number of carbonyl (C=O) groups excluding carboxylic acids is 3. The van der Waals surface area contributed by atoms with Gasteiger partial charge >= 0.3 is 17.9 Å². The first-order valence-electron chi connectivity index (χ1n) is 29.4. The number of hydrogen-bond donors (Lipinski definition) is 0.